The molecule has 18 heavy (non-hydrogen) atoms. The number of rotatable bonds is 6. The molecule has 5 heteroatoms. The molecule has 4 unspecified atom stereocenters. The average molecular weight is 276 g/mol. The molecule has 0 amide bonds. The van der Waals surface area contributed by atoms with Crippen LogP contribution >= 0.6 is 0 Å². The van der Waals surface area contributed by atoms with E-state index in [4.69, 9.17) is 0 Å². The second kappa shape index (κ2) is 6.87. The summed E-state index contributed by atoms with van der Waals surface area (Å²) in [5.41, 5.74) is 0. The Balaban J connectivity index is 2.54. The van der Waals surface area contributed by atoms with E-state index in [1.165, 1.54) is 0 Å². The molecule has 1 aliphatic rings. The van der Waals surface area contributed by atoms with Crippen LogP contribution in [-0.2, 0) is 10.0 Å². The molecule has 1 aliphatic carbocycles. The summed E-state index contributed by atoms with van der Waals surface area (Å²) >= 11 is 0. The Hall–Kier alpha value is -0.130. The van der Waals surface area contributed by atoms with Gasteiger partial charge in [0.05, 0.1) is 5.25 Å². The van der Waals surface area contributed by atoms with Crippen molar-refractivity contribution in [1.82, 2.24) is 10.0 Å². The Morgan fingerprint density at radius 2 is 1.94 bits per heavy atom. The van der Waals surface area contributed by atoms with Gasteiger partial charge in [-0.2, -0.15) is 0 Å². The van der Waals surface area contributed by atoms with Gasteiger partial charge >= 0.3 is 0 Å². The van der Waals surface area contributed by atoms with E-state index in [0.717, 1.165) is 31.7 Å². The number of hydrogen-bond acceptors (Lipinski definition) is 3. The summed E-state index contributed by atoms with van der Waals surface area (Å²) in [6.07, 6.45) is 3.21. The van der Waals surface area contributed by atoms with Gasteiger partial charge in [0.2, 0.25) is 10.0 Å². The molecule has 4 atom stereocenters. The van der Waals surface area contributed by atoms with E-state index in [1.54, 1.807) is 6.92 Å². The lowest BCUT2D eigenvalue weighted by Gasteiger charge is -2.33. The zero-order valence-electron chi connectivity index (χ0n) is 12.1. The molecular weight excluding hydrogens is 248 g/mol. The first kappa shape index (κ1) is 15.9. The maximum atomic E-state index is 12.2. The van der Waals surface area contributed by atoms with Crippen molar-refractivity contribution in [1.29, 1.82) is 0 Å². The van der Waals surface area contributed by atoms with Crippen LogP contribution in [-0.4, -0.2) is 32.8 Å². The third kappa shape index (κ3) is 4.52. The van der Waals surface area contributed by atoms with Gasteiger partial charge in [-0.3, -0.25) is 0 Å². The fourth-order valence-corrected chi connectivity index (χ4v) is 3.97. The first-order valence-electron chi connectivity index (χ1n) is 7.08. The SMILES string of the molecule is CCNCC(C)S(=O)(=O)NC1CCC(C)CC1C. The van der Waals surface area contributed by atoms with Crippen molar-refractivity contribution in [2.24, 2.45) is 11.8 Å². The molecule has 1 fully saturated rings. The topological polar surface area (TPSA) is 58.2 Å². The molecule has 1 rings (SSSR count). The predicted octanol–water partition coefficient (Wildman–Crippen LogP) is 1.73. The Morgan fingerprint density at radius 1 is 1.28 bits per heavy atom. The minimum atomic E-state index is -3.20. The van der Waals surface area contributed by atoms with Crippen LogP contribution in [0.25, 0.3) is 0 Å². The highest BCUT2D eigenvalue weighted by molar-refractivity contribution is 7.90. The largest absolute Gasteiger partial charge is 0.316 e. The minimum Gasteiger partial charge on any atom is -0.316 e. The second-order valence-electron chi connectivity index (χ2n) is 5.78. The van der Waals surface area contributed by atoms with E-state index in [2.05, 4.69) is 23.9 Å². The standard InChI is InChI=1S/C13H28N2O2S/c1-5-14-9-12(4)18(16,17)15-13-7-6-10(2)8-11(13)3/h10-15H,5-9H2,1-4H3. The lowest BCUT2D eigenvalue weighted by Crippen LogP contribution is -2.47. The van der Waals surface area contributed by atoms with Gasteiger partial charge in [0.1, 0.15) is 0 Å². The molecule has 108 valence electrons. The van der Waals surface area contributed by atoms with Crippen molar-refractivity contribution >= 4 is 10.0 Å². The molecular formula is C13H28N2O2S. The smallest absolute Gasteiger partial charge is 0.215 e. The predicted molar refractivity (Wildman–Crippen MR) is 76.0 cm³/mol. The summed E-state index contributed by atoms with van der Waals surface area (Å²) in [5, 5.41) is 2.72. The Kier molecular flexibility index (Phi) is 6.08. The van der Waals surface area contributed by atoms with Crippen LogP contribution in [0.2, 0.25) is 0 Å². The first-order valence-corrected chi connectivity index (χ1v) is 8.63. The fourth-order valence-electron chi connectivity index (χ4n) is 2.62. The molecule has 0 heterocycles. The van der Waals surface area contributed by atoms with Crippen LogP contribution in [0.5, 0.6) is 0 Å². The van der Waals surface area contributed by atoms with Crippen LogP contribution in [0.3, 0.4) is 0 Å². The lowest BCUT2D eigenvalue weighted by atomic mass is 9.80. The summed E-state index contributed by atoms with van der Waals surface area (Å²) in [5.74, 6) is 1.16. The monoisotopic (exact) mass is 276 g/mol. The fraction of sp³-hybridized carbons (Fsp3) is 1.00. The highest BCUT2D eigenvalue weighted by Gasteiger charge is 2.30. The van der Waals surface area contributed by atoms with Crippen molar-refractivity contribution in [3.8, 4) is 0 Å². The first-order chi connectivity index (χ1) is 8.36. The van der Waals surface area contributed by atoms with Crippen molar-refractivity contribution < 1.29 is 8.42 Å². The normalized spacial score (nSPS) is 31.2. The highest BCUT2D eigenvalue weighted by atomic mass is 32.2. The van der Waals surface area contributed by atoms with Crippen LogP contribution < -0.4 is 10.0 Å². The molecule has 0 aromatic carbocycles. The summed E-state index contributed by atoms with van der Waals surface area (Å²) in [6, 6.07) is 0.121. The highest BCUT2D eigenvalue weighted by Crippen LogP contribution is 2.29. The molecule has 0 spiro atoms. The molecule has 0 aliphatic heterocycles. The average Bonchev–Trinajstić information content (AvgIpc) is 2.29. The van der Waals surface area contributed by atoms with Crippen LogP contribution in [0.1, 0.15) is 47.0 Å². The third-order valence-electron chi connectivity index (χ3n) is 3.96. The maximum absolute atomic E-state index is 12.2. The van der Waals surface area contributed by atoms with Gasteiger partial charge < -0.3 is 5.32 Å². The van der Waals surface area contributed by atoms with Gasteiger partial charge in [0, 0.05) is 12.6 Å². The maximum Gasteiger partial charge on any atom is 0.215 e. The summed E-state index contributed by atoms with van der Waals surface area (Å²) in [7, 11) is -3.20. The third-order valence-corrected chi connectivity index (χ3v) is 5.82. The van der Waals surface area contributed by atoms with Crippen molar-refractivity contribution in [2.75, 3.05) is 13.1 Å². The van der Waals surface area contributed by atoms with Gasteiger partial charge in [0.25, 0.3) is 0 Å². The zero-order valence-corrected chi connectivity index (χ0v) is 12.9. The van der Waals surface area contributed by atoms with E-state index in [0.29, 0.717) is 12.5 Å². The van der Waals surface area contributed by atoms with E-state index in [-0.39, 0.29) is 11.3 Å². The molecule has 0 saturated heterocycles. The van der Waals surface area contributed by atoms with Gasteiger partial charge in [-0.05, 0) is 44.6 Å². The van der Waals surface area contributed by atoms with Crippen molar-refractivity contribution in [3.63, 3.8) is 0 Å². The minimum absolute atomic E-state index is 0.121. The Bertz CT molecular complexity index is 343. The number of nitrogens with one attached hydrogen (secondary N) is 2. The molecule has 0 aromatic heterocycles. The number of hydrogen-bond donors (Lipinski definition) is 2. The Labute approximate surface area is 112 Å². The molecule has 4 nitrogen and oxygen atoms in total. The van der Waals surface area contributed by atoms with Crippen LogP contribution in [0.15, 0.2) is 0 Å². The lowest BCUT2D eigenvalue weighted by molar-refractivity contribution is 0.249. The van der Waals surface area contributed by atoms with Gasteiger partial charge in [-0.25, -0.2) is 13.1 Å². The van der Waals surface area contributed by atoms with E-state index in [9.17, 15) is 8.42 Å². The van der Waals surface area contributed by atoms with Gasteiger partial charge in [-0.1, -0.05) is 20.8 Å². The quantitative estimate of drug-likeness (QED) is 0.777. The van der Waals surface area contributed by atoms with E-state index in [1.807, 2.05) is 6.92 Å². The van der Waals surface area contributed by atoms with Crippen LogP contribution in [0, 0.1) is 11.8 Å². The summed E-state index contributed by atoms with van der Waals surface area (Å²) in [4.78, 5) is 0. The summed E-state index contributed by atoms with van der Waals surface area (Å²) < 4.78 is 27.3. The second-order valence-corrected chi connectivity index (χ2v) is 7.91. The molecule has 0 aromatic rings. The van der Waals surface area contributed by atoms with Crippen molar-refractivity contribution in [2.45, 2.75) is 58.2 Å². The van der Waals surface area contributed by atoms with Gasteiger partial charge in [-0.15, -0.1) is 0 Å². The molecule has 0 radical (unpaired) electrons. The molecule has 2 N–H and O–H groups in total. The summed E-state index contributed by atoms with van der Waals surface area (Å²) in [6.45, 7) is 9.46. The zero-order chi connectivity index (χ0) is 13.8. The van der Waals surface area contributed by atoms with E-state index >= 15 is 0 Å². The Morgan fingerprint density at radius 3 is 2.50 bits per heavy atom. The molecule has 0 bridgehead atoms. The number of sulfonamides is 1. The van der Waals surface area contributed by atoms with Gasteiger partial charge in [0.15, 0.2) is 0 Å². The van der Waals surface area contributed by atoms with Crippen LogP contribution in [0.4, 0.5) is 0 Å². The molecule has 1 saturated carbocycles. The van der Waals surface area contributed by atoms with E-state index < -0.39 is 10.0 Å². The van der Waals surface area contributed by atoms with Crippen molar-refractivity contribution in [3.05, 3.63) is 0 Å².